The summed E-state index contributed by atoms with van der Waals surface area (Å²) >= 11 is 1.76. The Bertz CT molecular complexity index is 342. The van der Waals surface area contributed by atoms with E-state index in [9.17, 15) is 5.11 Å². The lowest BCUT2D eigenvalue weighted by atomic mass is 10.1. The van der Waals surface area contributed by atoms with E-state index in [0.29, 0.717) is 5.75 Å². The van der Waals surface area contributed by atoms with E-state index in [4.69, 9.17) is 0 Å². The largest absolute Gasteiger partial charge is 0.507 e. The predicted octanol–water partition coefficient (Wildman–Crippen LogP) is 3.78. The molecule has 2 nitrogen and oxygen atoms in total. The number of hydrogen-bond acceptors (Lipinski definition) is 3. The summed E-state index contributed by atoms with van der Waals surface area (Å²) in [5, 5.41) is 9.63. The summed E-state index contributed by atoms with van der Waals surface area (Å²) in [6.07, 6.45) is 5.35. The Morgan fingerprint density at radius 1 is 1.11 bits per heavy atom. The molecule has 0 spiro atoms. The van der Waals surface area contributed by atoms with Gasteiger partial charge in [-0.1, -0.05) is 18.6 Å². The summed E-state index contributed by atoms with van der Waals surface area (Å²) in [6, 6.07) is 7.59. The molecule has 4 heteroatoms. The van der Waals surface area contributed by atoms with Gasteiger partial charge in [-0.15, -0.1) is 24.2 Å². The molecule has 1 heterocycles. The molecule has 0 atom stereocenters. The first kappa shape index (κ1) is 15.7. The molecule has 1 aromatic rings. The Hall–Kier alpha value is -0.380. The highest BCUT2D eigenvalue weighted by molar-refractivity contribution is 7.99. The van der Waals surface area contributed by atoms with E-state index in [0.717, 1.165) is 10.6 Å². The number of rotatable bonds is 5. The fraction of sp³-hybridized carbons (Fsp3) is 0.571. The van der Waals surface area contributed by atoms with Crippen LogP contribution < -0.4 is 0 Å². The first-order valence-corrected chi connectivity index (χ1v) is 7.48. The SMILES string of the molecule is Cl.Oc1ccccc1SCCCN1CCCCC1. The standard InChI is InChI=1S/C14H21NOS.ClH/c16-13-7-2-3-8-14(13)17-12-6-11-15-9-4-1-5-10-15;/h2-3,7-8,16H,1,4-6,9-12H2;1H. The molecule has 1 aliphatic rings. The zero-order valence-electron chi connectivity index (χ0n) is 10.7. The molecule has 0 amide bonds. The smallest absolute Gasteiger partial charge is 0.129 e. The van der Waals surface area contributed by atoms with Gasteiger partial charge in [-0.25, -0.2) is 0 Å². The van der Waals surface area contributed by atoms with E-state index in [1.54, 1.807) is 17.8 Å². The van der Waals surface area contributed by atoms with Crippen molar-refractivity contribution in [2.45, 2.75) is 30.6 Å². The number of benzene rings is 1. The molecule has 1 aromatic carbocycles. The van der Waals surface area contributed by atoms with Crippen LogP contribution in [-0.2, 0) is 0 Å². The summed E-state index contributed by atoms with van der Waals surface area (Å²) in [7, 11) is 0. The summed E-state index contributed by atoms with van der Waals surface area (Å²) in [4.78, 5) is 3.57. The van der Waals surface area contributed by atoms with Gasteiger partial charge in [0.25, 0.3) is 0 Å². The van der Waals surface area contributed by atoms with Crippen molar-refractivity contribution in [3.63, 3.8) is 0 Å². The Morgan fingerprint density at radius 2 is 1.83 bits per heavy atom. The molecule has 0 unspecified atom stereocenters. The van der Waals surface area contributed by atoms with Gasteiger partial charge in [0.05, 0.1) is 0 Å². The highest BCUT2D eigenvalue weighted by Crippen LogP contribution is 2.28. The molecule has 0 aliphatic carbocycles. The summed E-state index contributed by atoms with van der Waals surface area (Å²) in [5.41, 5.74) is 0. The van der Waals surface area contributed by atoms with Crippen LogP contribution in [0.15, 0.2) is 29.2 Å². The third-order valence-corrected chi connectivity index (χ3v) is 4.34. The maximum atomic E-state index is 9.63. The van der Waals surface area contributed by atoms with Crippen LogP contribution in [0.5, 0.6) is 5.75 Å². The van der Waals surface area contributed by atoms with Gasteiger partial charge in [0.1, 0.15) is 5.75 Å². The van der Waals surface area contributed by atoms with E-state index in [1.807, 2.05) is 18.2 Å². The summed E-state index contributed by atoms with van der Waals surface area (Å²) < 4.78 is 0. The van der Waals surface area contributed by atoms with Crippen molar-refractivity contribution >= 4 is 24.2 Å². The predicted molar refractivity (Wildman–Crippen MR) is 81.0 cm³/mol. The highest BCUT2D eigenvalue weighted by Gasteiger charge is 2.09. The number of piperidine rings is 1. The zero-order valence-corrected chi connectivity index (χ0v) is 12.3. The van der Waals surface area contributed by atoms with Crippen LogP contribution in [0.4, 0.5) is 0 Å². The lowest BCUT2D eigenvalue weighted by Crippen LogP contribution is -2.30. The Balaban J connectivity index is 0.00000162. The normalized spacial score (nSPS) is 16.2. The second kappa shape index (κ2) is 8.68. The van der Waals surface area contributed by atoms with Crippen LogP contribution in [0.25, 0.3) is 0 Å². The number of thioether (sulfide) groups is 1. The van der Waals surface area contributed by atoms with Gasteiger partial charge >= 0.3 is 0 Å². The second-order valence-corrected chi connectivity index (χ2v) is 5.71. The minimum absolute atomic E-state index is 0. The maximum Gasteiger partial charge on any atom is 0.129 e. The van der Waals surface area contributed by atoms with Crippen LogP contribution in [0.1, 0.15) is 25.7 Å². The van der Waals surface area contributed by atoms with Gasteiger partial charge in [0.15, 0.2) is 0 Å². The van der Waals surface area contributed by atoms with Crippen LogP contribution in [-0.4, -0.2) is 35.4 Å². The fourth-order valence-corrected chi connectivity index (χ4v) is 3.12. The van der Waals surface area contributed by atoms with Crippen molar-refractivity contribution in [1.29, 1.82) is 0 Å². The molecular weight excluding hydrogens is 266 g/mol. The van der Waals surface area contributed by atoms with Crippen LogP contribution in [0.3, 0.4) is 0 Å². The average molecular weight is 288 g/mol. The molecule has 1 fully saturated rings. The third-order valence-electron chi connectivity index (χ3n) is 3.19. The Kier molecular flexibility index (Phi) is 7.56. The fourth-order valence-electron chi connectivity index (χ4n) is 2.23. The number of para-hydroxylation sites is 1. The second-order valence-electron chi connectivity index (χ2n) is 4.57. The van der Waals surface area contributed by atoms with Gasteiger partial charge < -0.3 is 10.0 Å². The lowest BCUT2D eigenvalue weighted by molar-refractivity contribution is 0.230. The number of phenolic OH excluding ortho intramolecular Hbond substituents is 1. The molecule has 18 heavy (non-hydrogen) atoms. The molecule has 0 radical (unpaired) electrons. The minimum atomic E-state index is 0. The molecular formula is C14H22ClNOS. The van der Waals surface area contributed by atoms with Crippen LogP contribution in [0.2, 0.25) is 0 Å². The van der Waals surface area contributed by atoms with Gasteiger partial charge in [-0.2, -0.15) is 0 Å². The quantitative estimate of drug-likeness (QED) is 0.658. The van der Waals surface area contributed by atoms with Crippen molar-refractivity contribution in [2.75, 3.05) is 25.4 Å². The number of halogens is 1. The number of aromatic hydroxyl groups is 1. The minimum Gasteiger partial charge on any atom is -0.507 e. The molecule has 102 valence electrons. The van der Waals surface area contributed by atoms with Crippen molar-refractivity contribution in [2.24, 2.45) is 0 Å². The van der Waals surface area contributed by atoms with Crippen molar-refractivity contribution in [1.82, 2.24) is 4.90 Å². The average Bonchev–Trinajstić information content (AvgIpc) is 2.38. The van der Waals surface area contributed by atoms with Gasteiger partial charge in [-0.05, 0) is 56.8 Å². The van der Waals surface area contributed by atoms with Gasteiger partial charge in [0.2, 0.25) is 0 Å². The maximum absolute atomic E-state index is 9.63. The van der Waals surface area contributed by atoms with Crippen LogP contribution in [0, 0.1) is 0 Å². The molecule has 1 aliphatic heterocycles. The zero-order chi connectivity index (χ0) is 11.9. The van der Waals surface area contributed by atoms with Gasteiger partial charge in [-0.3, -0.25) is 0 Å². The molecule has 0 aromatic heterocycles. The first-order chi connectivity index (χ1) is 8.36. The van der Waals surface area contributed by atoms with E-state index in [2.05, 4.69) is 4.90 Å². The van der Waals surface area contributed by atoms with Crippen molar-refractivity contribution in [3.8, 4) is 5.75 Å². The van der Waals surface area contributed by atoms with E-state index >= 15 is 0 Å². The molecule has 0 saturated carbocycles. The van der Waals surface area contributed by atoms with Crippen molar-refractivity contribution < 1.29 is 5.11 Å². The van der Waals surface area contributed by atoms with Crippen LogP contribution >= 0.6 is 24.2 Å². The van der Waals surface area contributed by atoms with Crippen molar-refractivity contribution in [3.05, 3.63) is 24.3 Å². The van der Waals surface area contributed by atoms with Gasteiger partial charge in [0, 0.05) is 4.90 Å². The first-order valence-electron chi connectivity index (χ1n) is 6.49. The monoisotopic (exact) mass is 287 g/mol. The molecule has 1 N–H and O–H groups in total. The Morgan fingerprint density at radius 3 is 2.56 bits per heavy atom. The topological polar surface area (TPSA) is 23.5 Å². The van der Waals surface area contributed by atoms with E-state index < -0.39 is 0 Å². The third kappa shape index (κ3) is 5.09. The molecule has 1 saturated heterocycles. The number of hydrogen-bond donors (Lipinski definition) is 1. The van der Waals surface area contributed by atoms with E-state index in [1.165, 1.54) is 45.3 Å². The lowest BCUT2D eigenvalue weighted by Gasteiger charge is -2.26. The summed E-state index contributed by atoms with van der Waals surface area (Å²) in [5.74, 6) is 1.50. The number of phenols is 1. The molecule has 0 bridgehead atoms. The summed E-state index contributed by atoms with van der Waals surface area (Å²) in [6.45, 7) is 3.77. The number of nitrogens with zero attached hydrogens (tertiary/aromatic N) is 1. The van der Waals surface area contributed by atoms with E-state index in [-0.39, 0.29) is 12.4 Å². The molecule has 2 rings (SSSR count). The number of likely N-dealkylation sites (tertiary alicyclic amines) is 1. The highest BCUT2D eigenvalue weighted by atomic mass is 35.5. The Labute approximate surface area is 120 Å².